The Bertz CT molecular complexity index is 827. The van der Waals surface area contributed by atoms with Gasteiger partial charge in [0.25, 0.3) is 5.95 Å². The van der Waals surface area contributed by atoms with Crippen LogP contribution in [0.2, 0.25) is 19.6 Å². The van der Waals surface area contributed by atoms with E-state index >= 15 is 0 Å². The third kappa shape index (κ3) is 4.85. The van der Waals surface area contributed by atoms with Crippen molar-refractivity contribution in [2.45, 2.75) is 44.1 Å². The molecule has 5 heteroatoms. The van der Waals surface area contributed by atoms with E-state index in [2.05, 4.69) is 91.1 Å². The first-order valence-electron chi connectivity index (χ1n) is 10.6. The van der Waals surface area contributed by atoms with Crippen LogP contribution in [0.25, 0.3) is 0 Å². The zero-order valence-corrected chi connectivity index (χ0v) is 19.8. The van der Waals surface area contributed by atoms with E-state index in [1.807, 2.05) is 6.08 Å². The zero-order chi connectivity index (χ0) is 21.6. The van der Waals surface area contributed by atoms with Gasteiger partial charge in [-0.3, -0.25) is 0 Å². The summed E-state index contributed by atoms with van der Waals surface area (Å²) in [6.07, 6.45) is 6.15. The minimum Gasteiger partial charge on any atom is -0.469 e. The van der Waals surface area contributed by atoms with E-state index in [0.29, 0.717) is 5.95 Å². The van der Waals surface area contributed by atoms with Crippen LogP contribution in [0.5, 0.6) is 0 Å². The summed E-state index contributed by atoms with van der Waals surface area (Å²) >= 11 is 0. The van der Waals surface area contributed by atoms with E-state index in [4.69, 9.17) is 13.9 Å². The Morgan fingerprint density at radius 1 is 0.933 bits per heavy atom. The highest BCUT2D eigenvalue weighted by molar-refractivity contribution is 6.69. The van der Waals surface area contributed by atoms with Gasteiger partial charge in [-0.1, -0.05) is 60.7 Å². The van der Waals surface area contributed by atoms with Crippen LogP contribution in [-0.2, 0) is 19.5 Å². The molecule has 0 saturated carbocycles. The van der Waals surface area contributed by atoms with E-state index in [0.717, 1.165) is 19.4 Å². The zero-order valence-electron chi connectivity index (χ0n) is 18.8. The Hall–Kier alpha value is -2.37. The standard InChI is InChI=1S/C25H34NO3Si/c1-27-24(28-2)18-20-26-19-12-17-23(26)25(29-30(3,4)5,21-13-8-6-9-14-21)22-15-10-7-11-16-22/h6-11,13-16,18,20,23H,12,17,19H2,1-5H3/q+1/t23-/m0/s1. The molecule has 0 N–H and O–H groups in total. The minimum atomic E-state index is -1.92. The van der Waals surface area contributed by atoms with Gasteiger partial charge in [-0.2, -0.15) is 0 Å². The van der Waals surface area contributed by atoms with Crippen LogP contribution in [0.15, 0.2) is 72.7 Å². The Labute approximate surface area is 181 Å². The topological polar surface area (TPSA) is 30.7 Å². The molecule has 4 nitrogen and oxygen atoms in total. The van der Waals surface area contributed by atoms with Crippen LogP contribution in [0, 0.1) is 0 Å². The van der Waals surface area contributed by atoms with Crippen molar-refractivity contribution < 1.29 is 18.5 Å². The van der Waals surface area contributed by atoms with Crippen molar-refractivity contribution in [1.82, 2.24) is 0 Å². The second-order valence-corrected chi connectivity index (χ2v) is 13.0. The average Bonchev–Trinajstić information content (AvgIpc) is 3.22. The van der Waals surface area contributed by atoms with Crippen LogP contribution < -0.4 is 0 Å². The lowest BCUT2D eigenvalue weighted by atomic mass is 9.79. The molecule has 1 atom stereocenters. The van der Waals surface area contributed by atoms with Crippen LogP contribution in [0.3, 0.4) is 0 Å². The van der Waals surface area contributed by atoms with Gasteiger partial charge in [0.2, 0.25) is 0 Å². The lowest BCUT2D eigenvalue weighted by Gasteiger charge is -2.42. The summed E-state index contributed by atoms with van der Waals surface area (Å²) in [5.41, 5.74) is 1.85. The molecule has 2 aromatic rings. The average molecular weight is 425 g/mol. The van der Waals surface area contributed by atoms with Gasteiger partial charge in [-0.25, -0.2) is 4.58 Å². The summed E-state index contributed by atoms with van der Waals surface area (Å²) in [4.78, 5) is 0. The number of nitrogens with zero attached hydrogens (tertiary/aromatic N) is 1. The molecule has 1 aliphatic heterocycles. The molecule has 0 bridgehead atoms. The first-order valence-corrected chi connectivity index (χ1v) is 14.0. The number of methoxy groups -OCH3 is 2. The quantitative estimate of drug-likeness (QED) is 0.333. The van der Waals surface area contributed by atoms with Gasteiger partial charge in [0, 0.05) is 12.8 Å². The van der Waals surface area contributed by atoms with Crippen molar-refractivity contribution >= 4 is 14.5 Å². The van der Waals surface area contributed by atoms with Crippen molar-refractivity contribution in [1.29, 1.82) is 0 Å². The lowest BCUT2D eigenvalue weighted by Crippen LogP contribution is -2.52. The summed E-state index contributed by atoms with van der Waals surface area (Å²) in [7, 11) is 1.33. The summed E-state index contributed by atoms with van der Waals surface area (Å²) in [6.45, 7) is 7.78. The fourth-order valence-corrected chi connectivity index (χ4v) is 5.71. The van der Waals surface area contributed by atoms with Crippen LogP contribution in [0.4, 0.5) is 0 Å². The SMILES string of the molecule is COC(=CC=[N+]1CCC[C@H]1C(O[Si](C)(C)C)(c1ccccc1)c1ccccc1)OC. The lowest BCUT2D eigenvalue weighted by molar-refractivity contribution is -0.557. The summed E-state index contributed by atoms with van der Waals surface area (Å²) in [5.74, 6) is 0.497. The molecule has 3 rings (SSSR count). The Morgan fingerprint density at radius 3 is 1.93 bits per heavy atom. The molecule has 1 saturated heterocycles. The molecule has 0 amide bonds. The van der Waals surface area contributed by atoms with Gasteiger partial charge in [0.05, 0.1) is 20.3 Å². The van der Waals surface area contributed by atoms with Gasteiger partial charge in [0.15, 0.2) is 26.2 Å². The predicted octanol–water partition coefficient (Wildman–Crippen LogP) is 5.16. The summed E-state index contributed by atoms with van der Waals surface area (Å²) < 4.78 is 20.1. The van der Waals surface area contributed by atoms with E-state index in [1.165, 1.54) is 11.1 Å². The molecular weight excluding hydrogens is 390 g/mol. The highest BCUT2D eigenvalue weighted by Crippen LogP contribution is 2.44. The third-order valence-electron chi connectivity index (χ3n) is 5.44. The second-order valence-electron chi connectivity index (χ2n) is 8.62. The van der Waals surface area contributed by atoms with E-state index in [1.54, 1.807) is 14.2 Å². The van der Waals surface area contributed by atoms with Crippen molar-refractivity contribution in [3.63, 3.8) is 0 Å². The van der Waals surface area contributed by atoms with E-state index in [9.17, 15) is 0 Å². The third-order valence-corrected chi connectivity index (χ3v) is 6.37. The summed E-state index contributed by atoms with van der Waals surface area (Å²) in [6, 6.07) is 21.6. The number of allylic oxidation sites excluding steroid dienone is 1. The molecule has 1 aliphatic rings. The van der Waals surface area contributed by atoms with Crippen molar-refractivity contribution in [3.8, 4) is 0 Å². The molecule has 0 aliphatic carbocycles. The first-order chi connectivity index (χ1) is 14.4. The highest BCUT2D eigenvalue weighted by Gasteiger charge is 2.53. The van der Waals surface area contributed by atoms with Gasteiger partial charge < -0.3 is 13.9 Å². The largest absolute Gasteiger partial charge is 0.469 e. The number of benzene rings is 2. The molecule has 1 fully saturated rings. The minimum absolute atomic E-state index is 0.167. The van der Waals surface area contributed by atoms with Crippen LogP contribution in [-0.4, -0.2) is 45.9 Å². The van der Waals surface area contributed by atoms with Gasteiger partial charge in [-0.05, 0) is 30.8 Å². The maximum atomic E-state index is 7.17. The number of hydrogen-bond donors (Lipinski definition) is 0. The molecular formula is C25H34NO3Si+. The highest BCUT2D eigenvalue weighted by atomic mass is 28.4. The maximum Gasteiger partial charge on any atom is 0.284 e. The molecule has 1 heterocycles. The van der Waals surface area contributed by atoms with Crippen molar-refractivity contribution in [2.75, 3.05) is 20.8 Å². The Kier molecular flexibility index (Phi) is 7.16. The fourth-order valence-electron chi connectivity index (χ4n) is 4.37. The Balaban J connectivity index is 2.22. The molecule has 0 radical (unpaired) electrons. The van der Waals surface area contributed by atoms with Gasteiger partial charge >= 0.3 is 0 Å². The fraction of sp³-hybridized carbons (Fsp3) is 0.400. The predicted molar refractivity (Wildman–Crippen MR) is 124 cm³/mol. The molecule has 2 aromatic carbocycles. The Morgan fingerprint density at radius 2 is 1.47 bits per heavy atom. The normalized spacial score (nSPS) is 18.3. The summed E-state index contributed by atoms with van der Waals surface area (Å²) in [5, 5.41) is 0. The maximum absolute atomic E-state index is 7.17. The van der Waals surface area contributed by atoms with E-state index < -0.39 is 13.9 Å². The second kappa shape index (κ2) is 9.62. The van der Waals surface area contributed by atoms with Gasteiger partial charge in [-0.15, -0.1) is 0 Å². The van der Waals surface area contributed by atoms with E-state index in [-0.39, 0.29) is 6.04 Å². The van der Waals surface area contributed by atoms with Gasteiger partial charge in [0.1, 0.15) is 6.54 Å². The van der Waals surface area contributed by atoms with Crippen molar-refractivity contribution in [2.24, 2.45) is 0 Å². The van der Waals surface area contributed by atoms with Crippen LogP contribution >= 0.6 is 0 Å². The molecule has 0 aromatic heterocycles. The smallest absolute Gasteiger partial charge is 0.284 e. The number of hydrogen-bond acceptors (Lipinski definition) is 3. The molecule has 160 valence electrons. The molecule has 0 spiro atoms. The first kappa shape index (κ1) is 22.3. The number of rotatable bonds is 8. The van der Waals surface area contributed by atoms with Crippen LogP contribution in [0.1, 0.15) is 24.0 Å². The number of ether oxygens (including phenoxy) is 2. The molecule has 30 heavy (non-hydrogen) atoms. The monoisotopic (exact) mass is 424 g/mol. The molecule has 0 unspecified atom stereocenters. The van der Waals surface area contributed by atoms with Crippen molar-refractivity contribution in [3.05, 3.63) is 83.8 Å².